The van der Waals surface area contributed by atoms with Gasteiger partial charge >= 0.3 is 0 Å². The summed E-state index contributed by atoms with van der Waals surface area (Å²) in [6.07, 6.45) is 0. The third kappa shape index (κ3) is 2.90. The third-order valence-corrected chi connectivity index (χ3v) is 2.24. The van der Waals surface area contributed by atoms with Crippen LogP contribution < -0.4 is 0 Å². The molecule has 0 spiro atoms. The van der Waals surface area contributed by atoms with Crippen LogP contribution in [0.1, 0.15) is 20.8 Å². The van der Waals surface area contributed by atoms with Gasteiger partial charge in [-0.05, 0) is 25.9 Å². The van der Waals surface area contributed by atoms with Gasteiger partial charge in [0.15, 0.2) is 0 Å². The molecule has 0 aromatic rings. The van der Waals surface area contributed by atoms with Gasteiger partial charge < -0.3 is 0 Å². The predicted octanol–water partition coefficient (Wildman–Crippen LogP) is 1.73. The van der Waals surface area contributed by atoms with E-state index in [1.165, 1.54) is 0 Å². The Kier molecular flexibility index (Phi) is 4.14. The highest BCUT2D eigenvalue weighted by atomic mass is 15.1. The first-order valence-electron chi connectivity index (χ1n) is 4.06. The van der Waals surface area contributed by atoms with Gasteiger partial charge in [-0.2, -0.15) is 5.26 Å². The lowest BCUT2D eigenvalue weighted by Gasteiger charge is -2.26. The number of rotatable bonds is 3. The number of hydrogen-bond donors (Lipinski definition) is 0. The first-order chi connectivity index (χ1) is 5.00. The first kappa shape index (κ1) is 10.4. The van der Waals surface area contributed by atoms with Crippen LogP contribution in [0.4, 0.5) is 0 Å². The summed E-state index contributed by atoms with van der Waals surface area (Å²) in [5, 5.41) is 8.82. The van der Waals surface area contributed by atoms with E-state index in [2.05, 4.69) is 26.8 Å². The van der Waals surface area contributed by atoms with Crippen molar-refractivity contribution in [2.45, 2.75) is 26.8 Å². The fourth-order valence-corrected chi connectivity index (χ4v) is 1.07. The Morgan fingerprint density at radius 2 is 1.64 bits per heavy atom. The Morgan fingerprint density at radius 3 is 1.73 bits per heavy atom. The summed E-state index contributed by atoms with van der Waals surface area (Å²) in [6, 6.07) is 2.36. The topological polar surface area (TPSA) is 27.0 Å². The van der Waals surface area contributed by atoms with E-state index in [0.717, 1.165) is 0 Å². The monoisotopic (exact) mass is 154 g/mol. The van der Waals surface area contributed by atoms with Gasteiger partial charge in [-0.1, -0.05) is 20.8 Å². The quantitative estimate of drug-likeness (QED) is 0.619. The second kappa shape index (κ2) is 4.35. The molecule has 2 atom stereocenters. The van der Waals surface area contributed by atoms with E-state index in [0.29, 0.717) is 11.8 Å². The Bertz CT molecular complexity index is 144. The smallest absolute Gasteiger partial charge is 0.100 e. The molecule has 0 saturated carbocycles. The minimum absolute atomic E-state index is 0.0509. The van der Waals surface area contributed by atoms with Crippen molar-refractivity contribution in [2.75, 3.05) is 14.1 Å². The van der Waals surface area contributed by atoms with Gasteiger partial charge in [0.25, 0.3) is 0 Å². The highest BCUT2D eigenvalue weighted by Gasteiger charge is 2.21. The molecule has 64 valence electrons. The summed E-state index contributed by atoms with van der Waals surface area (Å²) in [5.74, 6) is 1.01. The molecule has 0 amide bonds. The van der Waals surface area contributed by atoms with Crippen LogP contribution in [0.3, 0.4) is 0 Å². The van der Waals surface area contributed by atoms with Gasteiger partial charge in [0.2, 0.25) is 0 Å². The minimum atomic E-state index is 0.0509. The van der Waals surface area contributed by atoms with E-state index >= 15 is 0 Å². The molecule has 0 radical (unpaired) electrons. The molecule has 0 N–H and O–H groups in total. The molecule has 0 aliphatic carbocycles. The molecule has 0 aliphatic rings. The summed E-state index contributed by atoms with van der Waals surface area (Å²) in [6.45, 7) is 6.43. The number of hydrogen-bond acceptors (Lipinski definition) is 2. The molecular formula is C9H18N2. The summed E-state index contributed by atoms with van der Waals surface area (Å²) < 4.78 is 0. The average Bonchev–Trinajstić information content (AvgIpc) is 1.88. The molecule has 11 heavy (non-hydrogen) atoms. The number of nitriles is 1. The van der Waals surface area contributed by atoms with E-state index in [1.54, 1.807) is 0 Å². The minimum Gasteiger partial charge on any atom is -0.294 e. The van der Waals surface area contributed by atoms with E-state index in [4.69, 9.17) is 5.26 Å². The largest absolute Gasteiger partial charge is 0.294 e. The Balaban J connectivity index is 4.17. The van der Waals surface area contributed by atoms with Crippen LogP contribution >= 0.6 is 0 Å². The predicted molar refractivity (Wildman–Crippen MR) is 47.1 cm³/mol. The zero-order chi connectivity index (χ0) is 9.02. The molecule has 2 unspecified atom stereocenters. The molecule has 0 fully saturated rings. The van der Waals surface area contributed by atoms with E-state index in [-0.39, 0.29) is 6.04 Å². The van der Waals surface area contributed by atoms with E-state index in [1.807, 2.05) is 19.0 Å². The van der Waals surface area contributed by atoms with Crippen molar-refractivity contribution >= 4 is 0 Å². The van der Waals surface area contributed by atoms with Gasteiger partial charge in [0.05, 0.1) is 6.07 Å². The van der Waals surface area contributed by atoms with Crippen LogP contribution in [0.25, 0.3) is 0 Å². The molecule has 2 heteroatoms. The van der Waals surface area contributed by atoms with Crippen LogP contribution in [0.15, 0.2) is 0 Å². The second-order valence-electron chi connectivity index (χ2n) is 3.64. The Labute approximate surface area is 69.8 Å². The molecule has 0 aromatic heterocycles. The molecule has 0 heterocycles. The molecular weight excluding hydrogens is 136 g/mol. The lowest BCUT2D eigenvalue weighted by atomic mass is 9.90. The van der Waals surface area contributed by atoms with Crippen molar-refractivity contribution in [3.05, 3.63) is 0 Å². The van der Waals surface area contributed by atoms with Crippen molar-refractivity contribution in [1.82, 2.24) is 4.90 Å². The molecule has 0 aromatic carbocycles. The lowest BCUT2D eigenvalue weighted by molar-refractivity contribution is 0.230. The summed E-state index contributed by atoms with van der Waals surface area (Å²) in [5.41, 5.74) is 0. The highest BCUT2D eigenvalue weighted by molar-refractivity contribution is 4.93. The van der Waals surface area contributed by atoms with Gasteiger partial charge in [-0.25, -0.2) is 0 Å². The van der Waals surface area contributed by atoms with Crippen molar-refractivity contribution in [2.24, 2.45) is 11.8 Å². The summed E-state index contributed by atoms with van der Waals surface area (Å²) >= 11 is 0. The maximum absolute atomic E-state index is 8.82. The van der Waals surface area contributed by atoms with Crippen LogP contribution in [0.2, 0.25) is 0 Å². The third-order valence-electron chi connectivity index (χ3n) is 2.24. The van der Waals surface area contributed by atoms with Crippen molar-refractivity contribution < 1.29 is 0 Å². The van der Waals surface area contributed by atoms with E-state index < -0.39 is 0 Å². The molecule has 2 nitrogen and oxygen atoms in total. The zero-order valence-electron chi connectivity index (χ0n) is 8.13. The SMILES string of the molecule is CC(C)C(C)C(C#N)N(C)C. The van der Waals surface area contributed by atoms with Crippen LogP contribution in [-0.4, -0.2) is 25.0 Å². The molecule has 0 rings (SSSR count). The Hall–Kier alpha value is -0.550. The maximum atomic E-state index is 8.82. The normalized spacial score (nSPS) is 16.5. The second-order valence-corrected chi connectivity index (χ2v) is 3.64. The average molecular weight is 154 g/mol. The highest BCUT2D eigenvalue weighted by Crippen LogP contribution is 2.16. The van der Waals surface area contributed by atoms with Gasteiger partial charge in [-0.15, -0.1) is 0 Å². The van der Waals surface area contributed by atoms with Crippen molar-refractivity contribution in [1.29, 1.82) is 5.26 Å². The van der Waals surface area contributed by atoms with E-state index in [9.17, 15) is 0 Å². The first-order valence-corrected chi connectivity index (χ1v) is 4.06. The molecule has 0 bridgehead atoms. The Morgan fingerprint density at radius 1 is 1.18 bits per heavy atom. The van der Waals surface area contributed by atoms with Crippen LogP contribution in [0, 0.1) is 23.2 Å². The fraction of sp³-hybridized carbons (Fsp3) is 0.889. The van der Waals surface area contributed by atoms with Gasteiger partial charge in [-0.3, -0.25) is 4.90 Å². The van der Waals surface area contributed by atoms with Crippen LogP contribution in [-0.2, 0) is 0 Å². The van der Waals surface area contributed by atoms with Crippen molar-refractivity contribution in [3.63, 3.8) is 0 Å². The zero-order valence-corrected chi connectivity index (χ0v) is 8.13. The van der Waals surface area contributed by atoms with Crippen molar-refractivity contribution in [3.8, 4) is 6.07 Å². The van der Waals surface area contributed by atoms with Gasteiger partial charge in [0, 0.05) is 0 Å². The van der Waals surface area contributed by atoms with Crippen LogP contribution in [0.5, 0.6) is 0 Å². The number of nitrogens with zero attached hydrogens (tertiary/aromatic N) is 2. The lowest BCUT2D eigenvalue weighted by Crippen LogP contribution is -2.34. The van der Waals surface area contributed by atoms with Gasteiger partial charge in [0.1, 0.15) is 6.04 Å². The fourth-order valence-electron chi connectivity index (χ4n) is 1.07. The standard InChI is InChI=1S/C9H18N2/c1-7(2)8(3)9(6-10)11(4)5/h7-9H,1-5H3. The summed E-state index contributed by atoms with van der Waals surface area (Å²) in [4.78, 5) is 1.98. The molecule has 0 aliphatic heterocycles. The molecule has 0 saturated heterocycles. The maximum Gasteiger partial charge on any atom is 0.100 e. The summed E-state index contributed by atoms with van der Waals surface area (Å²) in [7, 11) is 3.90.